The molecule has 1 atom stereocenters. The summed E-state index contributed by atoms with van der Waals surface area (Å²) < 4.78 is 15.6. The lowest BCUT2D eigenvalue weighted by atomic mass is 9.88. The van der Waals surface area contributed by atoms with Crippen LogP contribution in [0.3, 0.4) is 0 Å². The van der Waals surface area contributed by atoms with Gasteiger partial charge in [-0.25, -0.2) is 0 Å². The van der Waals surface area contributed by atoms with E-state index in [-0.39, 0.29) is 24.5 Å². The first-order valence-electron chi connectivity index (χ1n) is 8.44. The van der Waals surface area contributed by atoms with Crippen LogP contribution in [0.15, 0.2) is 57.7 Å². The molecule has 1 N–H and O–H groups in total. The van der Waals surface area contributed by atoms with E-state index in [4.69, 9.17) is 13.9 Å². The molecule has 0 radical (unpaired) electrons. The van der Waals surface area contributed by atoms with E-state index in [1.807, 2.05) is 42.5 Å². The molecule has 3 aromatic rings. The molecular weight excluding hydrogens is 348 g/mol. The minimum absolute atomic E-state index is 0.0244. The molecule has 0 saturated carbocycles. The first-order chi connectivity index (χ1) is 13.0. The topological polar surface area (TPSA) is 86.0 Å². The highest BCUT2D eigenvalue weighted by Crippen LogP contribution is 2.37. The highest BCUT2D eigenvalue weighted by atomic mass is 16.5. The van der Waals surface area contributed by atoms with E-state index in [0.717, 1.165) is 16.3 Å². The number of aromatic hydroxyl groups is 1. The molecule has 0 spiro atoms. The Balaban J connectivity index is 2.23. The summed E-state index contributed by atoms with van der Waals surface area (Å²) in [5.74, 6) is -1.39. The lowest BCUT2D eigenvalue weighted by molar-refractivity contribution is -0.140. The lowest BCUT2D eigenvalue weighted by Gasteiger charge is -2.19. The van der Waals surface area contributed by atoms with E-state index in [1.54, 1.807) is 0 Å². The summed E-state index contributed by atoms with van der Waals surface area (Å²) in [5.41, 5.74) is 0.171. The summed E-state index contributed by atoms with van der Waals surface area (Å²) in [4.78, 5) is 24.3. The number of esters is 1. The van der Waals surface area contributed by atoms with Gasteiger partial charge in [0.15, 0.2) is 5.76 Å². The van der Waals surface area contributed by atoms with Crippen molar-refractivity contribution in [3.05, 3.63) is 75.8 Å². The van der Waals surface area contributed by atoms with Crippen molar-refractivity contribution in [2.24, 2.45) is 0 Å². The van der Waals surface area contributed by atoms with Crippen molar-refractivity contribution in [3.63, 3.8) is 0 Å². The molecule has 0 aliphatic rings. The van der Waals surface area contributed by atoms with Gasteiger partial charge in [-0.15, -0.1) is 0 Å². The van der Waals surface area contributed by atoms with Crippen molar-refractivity contribution in [1.29, 1.82) is 0 Å². The van der Waals surface area contributed by atoms with Gasteiger partial charge in [0.25, 0.3) is 0 Å². The highest BCUT2D eigenvalue weighted by Gasteiger charge is 2.27. The van der Waals surface area contributed by atoms with Crippen LogP contribution in [0.4, 0.5) is 0 Å². The summed E-state index contributed by atoms with van der Waals surface area (Å²) >= 11 is 0. The molecule has 1 heterocycles. The van der Waals surface area contributed by atoms with Crippen molar-refractivity contribution < 1.29 is 23.8 Å². The molecule has 0 aliphatic heterocycles. The molecule has 1 aromatic heterocycles. The van der Waals surface area contributed by atoms with Gasteiger partial charge in [-0.2, -0.15) is 0 Å². The van der Waals surface area contributed by atoms with E-state index >= 15 is 0 Å². The summed E-state index contributed by atoms with van der Waals surface area (Å²) in [6.45, 7) is 0.0724. The number of rotatable bonds is 6. The molecular formula is C21H20O6. The number of benzene rings is 2. The first kappa shape index (κ1) is 18.7. The Morgan fingerprint density at radius 3 is 2.63 bits per heavy atom. The number of ether oxygens (including phenoxy) is 2. The molecule has 27 heavy (non-hydrogen) atoms. The molecule has 3 rings (SSSR count). The Hall–Kier alpha value is -3.12. The fourth-order valence-corrected chi connectivity index (χ4v) is 3.15. The summed E-state index contributed by atoms with van der Waals surface area (Å²) in [5, 5.41) is 12.2. The van der Waals surface area contributed by atoms with Gasteiger partial charge in [-0.1, -0.05) is 42.5 Å². The van der Waals surface area contributed by atoms with Crippen LogP contribution < -0.4 is 5.43 Å². The van der Waals surface area contributed by atoms with E-state index in [0.29, 0.717) is 0 Å². The molecule has 0 amide bonds. The summed E-state index contributed by atoms with van der Waals surface area (Å²) in [6, 6.07) is 14.5. The van der Waals surface area contributed by atoms with Crippen LogP contribution in [0.2, 0.25) is 0 Å². The molecule has 0 fully saturated rings. The zero-order valence-corrected chi connectivity index (χ0v) is 15.1. The normalized spacial score (nSPS) is 12.1. The molecule has 140 valence electrons. The van der Waals surface area contributed by atoms with E-state index in [9.17, 15) is 14.7 Å². The van der Waals surface area contributed by atoms with E-state index < -0.39 is 23.1 Å². The molecule has 6 nitrogen and oxygen atoms in total. The van der Waals surface area contributed by atoms with Gasteiger partial charge < -0.3 is 19.0 Å². The van der Waals surface area contributed by atoms with Crippen molar-refractivity contribution in [3.8, 4) is 5.75 Å². The molecule has 2 aromatic carbocycles. The smallest absolute Gasteiger partial charge is 0.306 e. The van der Waals surface area contributed by atoms with Crippen molar-refractivity contribution in [2.45, 2.75) is 18.9 Å². The zero-order chi connectivity index (χ0) is 19.4. The van der Waals surface area contributed by atoms with E-state index in [2.05, 4.69) is 0 Å². The van der Waals surface area contributed by atoms with Gasteiger partial charge >= 0.3 is 5.97 Å². The van der Waals surface area contributed by atoms with Gasteiger partial charge in [0.05, 0.1) is 19.4 Å². The second-order valence-corrected chi connectivity index (χ2v) is 6.12. The van der Waals surface area contributed by atoms with Gasteiger partial charge in [-0.05, 0) is 16.3 Å². The van der Waals surface area contributed by atoms with Gasteiger partial charge in [-0.3, -0.25) is 9.59 Å². The fraction of sp³-hybridized carbons (Fsp3) is 0.238. The Kier molecular flexibility index (Phi) is 5.57. The van der Waals surface area contributed by atoms with Crippen LogP contribution in [-0.4, -0.2) is 25.3 Å². The minimum Gasteiger partial charge on any atom is -0.502 e. The number of hydrogen-bond donors (Lipinski definition) is 1. The number of methoxy groups -OCH3 is 2. The molecule has 0 saturated heterocycles. The Bertz CT molecular complexity index is 1020. The van der Waals surface area contributed by atoms with Crippen LogP contribution in [0, 0.1) is 0 Å². The SMILES string of the molecule is COCc1cc(=O)c(O)c([C@H](CC(=O)OC)c2cccc3ccccc23)o1. The van der Waals surface area contributed by atoms with Crippen LogP contribution in [0.1, 0.15) is 29.4 Å². The third-order valence-electron chi connectivity index (χ3n) is 4.40. The number of fused-ring (bicyclic) bond motifs is 1. The predicted octanol–water partition coefficient (Wildman–Crippen LogP) is 3.34. The number of carbonyl (C=O) groups excluding carboxylic acids is 1. The average molecular weight is 368 g/mol. The Morgan fingerprint density at radius 1 is 1.15 bits per heavy atom. The maximum atomic E-state index is 12.2. The molecule has 0 bridgehead atoms. The van der Waals surface area contributed by atoms with Crippen LogP contribution in [0.5, 0.6) is 5.75 Å². The van der Waals surface area contributed by atoms with Gasteiger partial charge in [0, 0.05) is 13.2 Å². The van der Waals surface area contributed by atoms with E-state index in [1.165, 1.54) is 20.3 Å². The maximum absolute atomic E-state index is 12.2. The summed E-state index contributed by atoms with van der Waals surface area (Å²) in [6.07, 6.45) is -0.0859. The molecule has 0 aliphatic carbocycles. The average Bonchev–Trinajstić information content (AvgIpc) is 2.68. The standard InChI is InChI=1S/C21H20O6/c1-25-12-14-10-18(22)20(24)21(27-14)17(11-19(23)26-2)16-9-5-7-13-6-3-4-8-15(13)16/h3-10,17,24H,11-12H2,1-2H3/t17-/m1/s1. The maximum Gasteiger partial charge on any atom is 0.306 e. The molecule has 6 heteroatoms. The van der Waals surface area contributed by atoms with Crippen molar-refractivity contribution in [1.82, 2.24) is 0 Å². The monoisotopic (exact) mass is 368 g/mol. The van der Waals surface area contributed by atoms with Gasteiger partial charge in [0.2, 0.25) is 11.2 Å². The number of hydrogen-bond acceptors (Lipinski definition) is 6. The second kappa shape index (κ2) is 8.05. The van der Waals surface area contributed by atoms with Crippen molar-refractivity contribution in [2.75, 3.05) is 14.2 Å². The largest absolute Gasteiger partial charge is 0.502 e. The predicted molar refractivity (Wildman–Crippen MR) is 99.8 cm³/mol. The zero-order valence-electron chi connectivity index (χ0n) is 15.1. The highest BCUT2D eigenvalue weighted by molar-refractivity contribution is 5.87. The summed E-state index contributed by atoms with van der Waals surface area (Å²) in [7, 11) is 2.77. The van der Waals surface area contributed by atoms with Gasteiger partial charge in [0.1, 0.15) is 12.4 Å². The lowest BCUT2D eigenvalue weighted by Crippen LogP contribution is -2.14. The Labute approximate surface area is 156 Å². The second-order valence-electron chi connectivity index (χ2n) is 6.12. The Morgan fingerprint density at radius 2 is 1.89 bits per heavy atom. The van der Waals surface area contributed by atoms with Crippen LogP contribution in [-0.2, 0) is 20.9 Å². The molecule has 0 unspecified atom stereocenters. The first-order valence-corrected chi connectivity index (χ1v) is 8.44. The van der Waals surface area contributed by atoms with Crippen molar-refractivity contribution >= 4 is 16.7 Å². The number of carbonyl (C=O) groups is 1. The van der Waals surface area contributed by atoms with Crippen LogP contribution >= 0.6 is 0 Å². The third kappa shape index (κ3) is 3.85. The van der Waals surface area contributed by atoms with Crippen LogP contribution in [0.25, 0.3) is 10.8 Å². The fourth-order valence-electron chi connectivity index (χ4n) is 3.15. The third-order valence-corrected chi connectivity index (χ3v) is 4.40. The minimum atomic E-state index is -0.687. The quantitative estimate of drug-likeness (QED) is 0.672.